The van der Waals surface area contributed by atoms with E-state index in [1.165, 1.54) is 6.20 Å². The molecular formula is C42H39N9O7. The van der Waals surface area contributed by atoms with Gasteiger partial charge in [0.2, 0.25) is 17.7 Å². The highest BCUT2D eigenvalue weighted by atomic mass is 16.5. The van der Waals surface area contributed by atoms with Crippen LogP contribution in [0.5, 0.6) is 11.5 Å². The molecule has 2 saturated heterocycles. The Hall–Kier alpha value is -7.23. The smallest absolute Gasteiger partial charge is 0.272 e. The minimum Gasteiger partial charge on any atom is -0.457 e. The van der Waals surface area contributed by atoms with E-state index in [1.807, 2.05) is 42.2 Å². The number of carbonyl (C=O) groups excluding carboxylic acids is 6. The summed E-state index contributed by atoms with van der Waals surface area (Å²) in [6.45, 7) is 3.35. The summed E-state index contributed by atoms with van der Waals surface area (Å²) >= 11 is 0. The number of fused-ring (bicyclic) bond motifs is 1. The first-order valence-electron chi connectivity index (χ1n) is 19.0. The molecule has 0 bridgehead atoms. The van der Waals surface area contributed by atoms with Gasteiger partial charge in [0.1, 0.15) is 28.9 Å². The summed E-state index contributed by atoms with van der Waals surface area (Å²) in [6, 6.07) is 21.8. The highest BCUT2D eigenvalue weighted by Crippen LogP contribution is 2.36. The number of imide groups is 2. The second kappa shape index (κ2) is 15.7. The summed E-state index contributed by atoms with van der Waals surface area (Å²) in [5.41, 5.74) is 3.90. The van der Waals surface area contributed by atoms with E-state index in [4.69, 9.17) is 4.74 Å². The minimum atomic E-state index is -1.06. The van der Waals surface area contributed by atoms with Crippen LogP contribution in [0.15, 0.2) is 91.3 Å². The van der Waals surface area contributed by atoms with E-state index in [1.54, 1.807) is 71.4 Å². The molecule has 3 aromatic carbocycles. The van der Waals surface area contributed by atoms with Crippen molar-refractivity contribution >= 4 is 46.8 Å². The fraction of sp³-hybridized carbons (Fsp3) is 0.262. The van der Waals surface area contributed by atoms with Gasteiger partial charge < -0.3 is 19.9 Å². The zero-order chi connectivity index (χ0) is 40.5. The summed E-state index contributed by atoms with van der Waals surface area (Å²) in [5, 5.41) is 13.9. The molecule has 0 aliphatic carbocycles. The quantitative estimate of drug-likeness (QED) is 0.190. The van der Waals surface area contributed by atoms with Gasteiger partial charge in [0.25, 0.3) is 17.7 Å². The van der Waals surface area contributed by atoms with Gasteiger partial charge in [-0.15, -0.1) is 5.10 Å². The second-order valence-electron chi connectivity index (χ2n) is 14.3. The van der Waals surface area contributed by atoms with E-state index in [2.05, 4.69) is 25.9 Å². The lowest BCUT2D eigenvalue weighted by atomic mass is 9.95. The van der Waals surface area contributed by atoms with Crippen LogP contribution in [0.2, 0.25) is 0 Å². The molecule has 5 heterocycles. The molecule has 8 rings (SSSR count). The van der Waals surface area contributed by atoms with Gasteiger partial charge in [-0.1, -0.05) is 23.4 Å². The van der Waals surface area contributed by atoms with Crippen LogP contribution in [-0.4, -0.2) is 97.9 Å². The Morgan fingerprint density at radius 1 is 0.948 bits per heavy atom. The molecular weight excluding hydrogens is 743 g/mol. The van der Waals surface area contributed by atoms with E-state index in [0.717, 1.165) is 16.2 Å². The van der Waals surface area contributed by atoms with Crippen molar-refractivity contribution in [1.29, 1.82) is 0 Å². The molecule has 6 amide bonds. The molecule has 58 heavy (non-hydrogen) atoms. The number of rotatable bonds is 10. The van der Waals surface area contributed by atoms with E-state index in [9.17, 15) is 28.8 Å². The van der Waals surface area contributed by atoms with E-state index < -0.39 is 35.6 Å². The second-order valence-corrected chi connectivity index (χ2v) is 14.3. The zero-order valence-corrected chi connectivity index (χ0v) is 31.8. The third-order valence-corrected chi connectivity index (χ3v) is 10.6. The van der Waals surface area contributed by atoms with Crippen LogP contribution in [0, 0.1) is 5.92 Å². The average molecular weight is 782 g/mol. The Labute approximate surface area is 332 Å². The number of hydrogen-bond acceptors (Lipinski definition) is 11. The standard InChI is InChI=1S/C42H39N9O7/c1-3-48(2)41(56)32-22-30(18-19-43-32)58-29-14-12-28(13-15-29)50-24-33(46-47-50)25-7-4-9-27(21-25)44-38(53)26-8-6-20-49(23-26)34-11-5-10-31-37(34)42(57)51(40(31)55)35-16-17-36(52)45-39(35)54/h4-5,7,9-15,18-19,21-22,24,26,35H,3,6,8,16-17,20,23H2,1-2H3,(H,44,53)(H,45,52,54). The Morgan fingerprint density at radius 2 is 1.76 bits per heavy atom. The van der Waals surface area contributed by atoms with Crippen LogP contribution < -0.4 is 20.3 Å². The maximum atomic E-state index is 13.7. The molecule has 294 valence electrons. The molecule has 2 atom stereocenters. The Morgan fingerprint density at radius 3 is 2.55 bits per heavy atom. The number of anilines is 2. The van der Waals surface area contributed by atoms with Crippen LogP contribution in [0.3, 0.4) is 0 Å². The minimum absolute atomic E-state index is 0.0349. The molecule has 5 aromatic rings. The fourth-order valence-electron chi connectivity index (χ4n) is 7.43. The highest BCUT2D eigenvalue weighted by molar-refractivity contribution is 6.25. The van der Waals surface area contributed by atoms with Crippen molar-refractivity contribution in [2.24, 2.45) is 5.92 Å². The third-order valence-electron chi connectivity index (χ3n) is 10.6. The van der Waals surface area contributed by atoms with Crippen LogP contribution in [-0.2, 0) is 14.4 Å². The number of piperidine rings is 2. The van der Waals surface area contributed by atoms with E-state index >= 15 is 0 Å². The normalized spacial score (nSPS) is 17.8. The molecule has 16 nitrogen and oxygen atoms in total. The van der Waals surface area contributed by atoms with Gasteiger partial charge in [-0.05, 0) is 80.8 Å². The summed E-state index contributed by atoms with van der Waals surface area (Å²) in [6.07, 6.45) is 4.73. The number of amides is 6. The predicted octanol–water partition coefficient (Wildman–Crippen LogP) is 4.47. The van der Waals surface area contributed by atoms with Crippen molar-refractivity contribution in [3.63, 3.8) is 0 Å². The SMILES string of the molecule is CCN(C)C(=O)c1cc(Oc2ccc(-n3cc(-c4cccc(NC(=O)C5CCCN(c6cccc7c6C(=O)N(C6CCC(=O)NC6=O)C7=O)C5)c4)nn3)cc2)ccn1. The molecule has 3 aliphatic heterocycles. The first kappa shape index (κ1) is 37.7. The van der Waals surface area contributed by atoms with E-state index in [-0.39, 0.29) is 35.8 Å². The Balaban J connectivity index is 0.912. The Bertz CT molecular complexity index is 2470. The van der Waals surface area contributed by atoms with Crippen LogP contribution in [0.1, 0.15) is 63.8 Å². The van der Waals surface area contributed by atoms with Gasteiger partial charge in [-0.3, -0.25) is 44.0 Å². The number of aromatic nitrogens is 4. The summed E-state index contributed by atoms with van der Waals surface area (Å²) in [4.78, 5) is 86.3. The first-order valence-corrected chi connectivity index (χ1v) is 19.0. The monoisotopic (exact) mass is 781 g/mol. The molecule has 0 radical (unpaired) electrons. The van der Waals surface area contributed by atoms with Crippen molar-refractivity contribution in [1.82, 2.24) is 35.1 Å². The number of nitrogens with zero attached hydrogens (tertiary/aromatic N) is 7. The zero-order valence-electron chi connectivity index (χ0n) is 31.8. The van der Waals surface area contributed by atoms with E-state index in [0.29, 0.717) is 66.7 Å². The van der Waals surface area contributed by atoms with Crippen molar-refractivity contribution in [3.8, 4) is 28.4 Å². The molecule has 2 aromatic heterocycles. The maximum absolute atomic E-state index is 13.7. The van der Waals surface area contributed by atoms with Gasteiger partial charge in [0.05, 0.1) is 34.6 Å². The highest BCUT2D eigenvalue weighted by Gasteiger charge is 2.46. The number of hydrogen-bond donors (Lipinski definition) is 2. The molecule has 0 saturated carbocycles. The number of benzene rings is 3. The Kier molecular flexibility index (Phi) is 10.2. The molecule has 2 unspecified atom stereocenters. The predicted molar refractivity (Wildman–Crippen MR) is 210 cm³/mol. The number of pyridine rings is 1. The molecule has 16 heteroatoms. The average Bonchev–Trinajstić information content (AvgIpc) is 3.84. The first-order chi connectivity index (χ1) is 28.1. The molecule has 3 aliphatic rings. The number of carbonyl (C=O) groups is 6. The fourth-order valence-corrected chi connectivity index (χ4v) is 7.43. The van der Waals surface area contributed by atoms with Gasteiger partial charge >= 0.3 is 0 Å². The van der Waals surface area contributed by atoms with Crippen molar-refractivity contribution < 1.29 is 33.5 Å². The lowest BCUT2D eigenvalue weighted by molar-refractivity contribution is -0.136. The summed E-state index contributed by atoms with van der Waals surface area (Å²) < 4.78 is 7.61. The topological polar surface area (TPSA) is 189 Å². The number of ether oxygens (including phenoxy) is 1. The van der Waals surface area contributed by atoms with Crippen molar-refractivity contribution in [2.45, 2.75) is 38.6 Å². The molecule has 0 spiro atoms. The lowest BCUT2D eigenvalue weighted by Gasteiger charge is -2.34. The molecule has 2 fully saturated rings. The molecule has 2 N–H and O–H groups in total. The lowest BCUT2D eigenvalue weighted by Crippen LogP contribution is -2.54. The van der Waals surface area contributed by atoms with Crippen LogP contribution >= 0.6 is 0 Å². The van der Waals surface area contributed by atoms with Crippen LogP contribution in [0.4, 0.5) is 11.4 Å². The largest absolute Gasteiger partial charge is 0.457 e. The summed E-state index contributed by atoms with van der Waals surface area (Å²) in [5.74, 6) is -1.99. The summed E-state index contributed by atoms with van der Waals surface area (Å²) in [7, 11) is 1.71. The van der Waals surface area contributed by atoms with Crippen molar-refractivity contribution in [2.75, 3.05) is 36.9 Å². The van der Waals surface area contributed by atoms with Gasteiger partial charge in [0, 0.05) is 56.6 Å². The number of nitrogens with one attached hydrogen (secondary N) is 2. The van der Waals surface area contributed by atoms with Crippen molar-refractivity contribution in [3.05, 3.63) is 108 Å². The maximum Gasteiger partial charge on any atom is 0.272 e. The van der Waals surface area contributed by atoms with Crippen LogP contribution in [0.25, 0.3) is 16.9 Å². The van der Waals surface area contributed by atoms with Gasteiger partial charge in [-0.25, -0.2) is 4.68 Å². The third kappa shape index (κ3) is 7.38. The van der Waals surface area contributed by atoms with Gasteiger partial charge in [0.15, 0.2) is 0 Å². The van der Waals surface area contributed by atoms with Gasteiger partial charge in [-0.2, -0.15) is 0 Å².